The van der Waals surface area contributed by atoms with Crippen LogP contribution in [0.25, 0.3) is 0 Å². The van der Waals surface area contributed by atoms with Gasteiger partial charge in [-0.2, -0.15) is 16.1 Å². The summed E-state index contributed by atoms with van der Waals surface area (Å²) in [6.07, 6.45) is 0. The Bertz CT molecular complexity index is 922. The second kappa shape index (κ2) is 8.69. The van der Waals surface area contributed by atoms with Gasteiger partial charge < -0.3 is 4.74 Å². The molecule has 1 aliphatic heterocycles. The molecule has 0 radical (unpaired) electrons. The zero-order valence-electron chi connectivity index (χ0n) is 14.5. The molecule has 8 heteroatoms. The molecule has 1 fully saturated rings. The van der Waals surface area contributed by atoms with Crippen molar-refractivity contribution < 1.29 is 22.7 Å². The molecule has 0 bridgehead atoms. The van der Waals surface area contributed by atoms with Crippen molar-refractivity contribution in [2.75, 3.05) is 31.2 Å². The molecule has 3 rings (SSSR count). The molecule has 1 saturated heterocycles. The Labute approximate surface area is 162 Å². The molecule has 2 aromatic carbocycles. The van der Waals surface area contributed by atoms with Crippen molar-refractivity contribution in [2.45, 2.75) is 4.90 Å². The molecule has 0 saturated carbocycles. The number of benzene rings is 2. The Hall–Kier alpha value is -2.16. The van der Waals surface area contributed by atoms with Gasteiger partial charge in [0, 0.05) is 30.2 Å². The van der Waals surface area contributed by atoms with Crippen molar-refractivity contribution >= 4 is 33.5 Å². The van der Waals surface area contributed by atoms with Crippen LogP contribution >= 0.6 is 11.8 Å². The highest BCUT2D eigenvalue weighted by Crippen LogP contribution is 2.21. The minimum Gasteiger partial charge on any atom is -0.454 e. The largest absolute Gasteiger partial charge is 0.454 e. The fourth-order valence-electron chi connectivity index (χ4n) is 2.64. The predicted octanol–water partition coefficient (Wildman–Crippen LogP) is 2.46. The lowest BCUT2D eigenvalue weighted by Gasteiger charge is -2.25. The van der Waals surface area contributed by atoms with Gasteiger partial charge in [-0.3, -0.25) is 4.79 Å². The number of thioether (sulfide) groups is 1. The van der Waals surface area contributed by atoms with Crippen LogP contribution in [0, 0.1) is 0 Å². The number of carbonyl (C=O) groups excluding carboxylic acids is 2. The molecule has 27 heavy (non-hydrogen) atoms. The maximum absolute atomic E-state index is 12.7. The lowest BCUT2D eigenvalue weighted by atomic mass is 10.1. The number of esters is 1. The smallest absolute Gasteiger partial charge is 0.338 e. The van der Waals surface area contributed by atoms with Crippen LogP contribution in [0.4, 0.5) is 0 Å². The number of ether oxygens (including phenoxy) is 1. The van der Waals surface area contributed by atoms with Gasteiger partial charge in [-0.1, -0.05) is 36.4 Å². The van der Waals surface area contributed by atoms with Gasteiger partial charge in [0.2, 0.25) is 10.0 Å². The van der Waals surface area contributed by atoms with Crippen molar-refractivity contribution in [3.8, 4) is 0 Å². The third-order valence-electron chi connectivity index (χ3n) is 4.11. The van der Waals surface area contributed by atoms with Crippen LogP contribution in [0.5, 0.6) is 0 Å². The zero-order chi connectivity index (χ0) is 19.3. The number of ketones is 1. The van der Waals surface area contributed by atoms with E-state index >= 15 is 0 Å². The van der Waals surface area contributed by atoms with Crippen molar-refractivity contribution in [2.24, 2.45) is 0 Å². The summed E-state index contributed by atoms with van der Waals surface area (Å²) < 4.78 is 31.9. The van der Waals surface area contributed by atoms with Gasteiger partial charge in [0.15, 0.2) is 12.4 Å². The first-order chi connectivity index (χ1) is 13.0. The number of rotatable bonds is 6. The summed E-state index contributed by atoms with van der Waals surface area (Å²) in [6, 6.07) is 14.2. The molecule has 6 nitrogen and oxygen atoms in total. The highest BCUT2D eigenvalue weighted by atomic mass is 32.2. The highest BCUT2D eigenvalue weighted by molar-refractivity contribution is 7.99. The third-order valence-corrected chi connectivity index (χ3v) is 6.94. The number of sulfonamides is 1. The van der Waals surface area contributed by atoms with E-state index in [2.05, 4.69) is 0 Å². The lowest BCUT2D eigenvalue weighted by molar-refractivity contribution is 0.0474. The van der Waals surface area contributed by atoms with Crippen LogP contribution in [0.3, 0.4) is 0 Å². The summed E-state index contributed by atoms with van der Waals surface area (Å²) in [5, 5.41) is 0. The first-order valence-corrected chi connectivity index (χ1v) is 11.0. The van der Waals surface area contributed by atoms with Crippen LogP contribution in [0.2, 0.25) is 0 Å². The van der Waals surface area contributed by atoms with Crippen LogP contribution in [-0.4, -0.2) is 55.7 Å². The summed E-state index contributed by atoms with van der Waals surface area (Å²) in [4.78, 5) is 24.3. The van der Waals surface area contributed by atoms with E-state index in [4.69, 9.17) is 4.74 Å². The van der Waals surface area contributed by atoms with E-state index < -0.39 is 22.6 Å². The Balaban J connectivity index is 1.69. The van der Waals surface area contributed by atoms with Crippen LogP contribution in [0.15, 0.2) is 59.5 Å². The molecule has 142 valence electrons. The standard InChI is InChI=1S/C19H19NO5S2/c21-18(15-5-2-1-3-6-15)14-25-19(22)16-7-4-8-17(13-16)27(23,24)20-9-11-26-12-10-20/h1-8,13H,9-12,14H2. The summed E-state index contributed by atoms with van der Waals surface area (Å²) in [6.45, 7) is 0.504. The van der Waals surface area contributed by atoms with E-state index in [1.165, 1.54) is 28.6 Å². The average Bonchev–Trinajstić information content (AvgIpc) is 2.73. The Kier molecular flexibility index (Phi) is 6.30. The Morgan fingerprint density at radius 3 is 2.33 bits per heavy atom. The first kappa shape index (κ1) is 19.6. The summed E-state index contributed by atoms with van der Waals surface area (Å²) in [5.74, 6) is 0.453. The van der Waals surface area contributed by atoms with E-state index in [9.17, 15) is 18.0 Å². The average molecular weight is 405 g/mol. The molecule has 2 aromatic rings. The van der Waals surface area contributed by atoms with Crippen molar-refractivity contribution in [1.29, 1.82) is 0 Å². The maximum atomic E-state index is 12.7. The van der Waals surface area contributed by atoms with E-state index in [1.807, 2.05) is 0 Å². The molecule has 0 spiro atoms. The fourth-order valence-corrected chi connectivity index (χ4v) is 5.26. The van der Waals surface area contributed by atoms with E-state index in [0.717, 1.165) is 11.5 Å². The van der Waals surface area contributed by atoms with Gasteiger partial charge in [0.25, 0.3) is 0 Å². The quantitative estimate of drug-likeness (QED) is 0.543. The first-order valence-electron chi connectivity index (χ1n) is 8.42. The third kappa shape index (κ3) is 4.77. The van der Waals surface area contributed by atoms with Gasteiger partial charge >= 0.3 is 5.97 Å². The summed E-state index contributed by atoms with van der Waals surface area (Å²) in [5.41, 5.74) is 0.549. The van der Waals surface area contributed by atoms with E-state index in [-0.39, 0.29) is 16.2 Å². The number of hydrogen-bond acceptors (Lipinski definition) is 6. The topological polar surface area (TPSA) is 80.8 Å². The lowest BCUT2D eigenvalue weighted by Crippen LogP contribution is -2.37. The van der Waals surface area contributed by atoms with Crippen LogP contribution < -0.4 is 0 Å². The Morgan fingerprint density at radius 1 is 0.963 bits per heavy atom. The van der Waals surface area contributed by atoms with Gasteiger partial charge in [-0.05, 0) is 18.2 Å². The SMILES string of the molecule is O=C(COC(=O)c1cccc(S(=O)(=O)N2CCSCC2)c1)c1ccccc1. The number of hydrogen-bond donors (Lipinski definition) is 0. The highest BCUT2D eigenvalue weighted by Gasteiger charge is 2.27. The van der Waals surface area contributed by atoms with Crippen molar-refractivity contribution in [1.82, 2.24) is 4.31 Å². The van der Waals surface area contributed by atoms with Gasteiger partial charge in [-0.15, -0.1) is 0 Å². The minimum absolute atomic E-state index is 0.0539. The molecule has 0 unspecified atom stereocenters. The molecule has 0 amide bonds. The van der Waals surface area contributed by atoms with Crippen molar-refractivity contribution in [3.63, 3.8) is 0 Å². The van der Waals surface area contributed by atoms with Gasteiger partial charge in [0.05, 0.1) is 10.5 Å². The molecule has 1 aliphatic rings. The normalized spacial score (nSPS) is 15.3. The number of Topliss-reactive ketones (excluding diaryl/α,β-unsaturated/α-hetero) is 1. The van der Waals surface area contributed by atoms with E-state index in [1.54, 1.807) is 42.1 Å². The van der Waals surface area contributed by atoms with E-state index in [0.29, 0.717) is 18.7 Å². The molecule has 1 heterocycles. The molecular formula is C19H19NO5S2. The number of carbonyl (C=O) groups is 2. The monoisotopic (exact) mass is 405 g/mol. The molecule has 0 N–H and O–H groups in total. The van der Waals surface area contributed by atoms with Crippen LogP contribution in [0.1, 0.15) is 20.7 Å². The van der Waals surface area contributed by atoms with Gasteiger partial charge in [0.1, 0.15) is 0 Å². The fraction of sp³-hybridized carbons (Fsp3) is 0.263. The molecule has 0 aliphatic carbocycles. The summed E-state index contributed by atoms with van der Waals surface area (Å²) >= 11 is 1.71. The molecule has 0 atom stereocenters. The Morgan fingerprint density at radius 2 is 1.63 bits per heavy atom. The zero-order valence-corrected chi connectivity index (χ0v) is 16.2. The minimum atomic E-state index is -3.65. The predicted molar refractivity (Wildman–Crippen MR) is 104 cm³/mol. The maximum Gasteiger partial charge on any atom is 0.338 e. The van der Waals surface area contributed by atoms with Gasteiger partial charge in [-0.25, -0.2) is 13.2 Å². The molecular weight excluding hydrogens is 386 g/mol. The second-order valence-electron chi connectivity index (χ2n) is 5.91. The number of nitrogens with zero attached hydrogens (tertiary/aromatic N) is 1. The second-order valence-corrected chi connectivity index (χ2v) is 9.07. The molecule has 0 aromatic heterocycles. The van der Waals surface area contributed by atoms with Crippen LogP contribution in [-0.2, 0) is 14.8 Å². The summed E-state index contributed by atoms with van der Waals surface area (Å²) in [7, 11) is -3.65. The van der Waals surface area contributed by atoms with Crippen molar-refractivity contribution in [3.05, 3.63) is 65.7 Å².